The molecule has 3 rings (SSSR count). The number of hydrogen-bond acceptors (Lipinski definition) is 4. The number of nitrogens with zero attached hydrogens (tertiary/aromatic N) is 2. The molecule has 1 aliphatic heterocycles. The van der Waals surface area contributed by atoms with Gasteiger partial charge in [-0.2, -0.15) is 5.26 Å². The van der Waals surface area contributed by atoms with E-state index < -0.39 is 23.8 Å². The predicted molar refractivity (Wildman–Crippen MR) is 104 cm³/mol. The van der Waals surface area contributed by atoms with E-state index >= 15 is 0 Å². The van der Waals surface area contributed by atoms with Gasteiger partial charge in [0.05, 0.1) is 11.8 Å². The van der Waals surface area contributed by atoms with Crippen LogP contribution in [0.25, 0.3) is 11.1 Å². The van der Waals surface area contributed by atoms with Crippen molar-refractivity contribution in [3.63, 3.8) is 0 Å². The standard InChI is InChI=1S/C21H20N4O3/c1-13(19(26)23-12-11-22)20(27)24-18-16-9-4-3-7-14(16)15-8-5-6-10-17(15)25(2)21(18)28/h3-10,13,18H,12H2,1-2H3,(H,23,26)(H,24,27). The zero-order chi connectivity index (χ0) is 20.3. The van der Waals surface area contributed by atoms with E-state index in [1.807, 2.05) is 42.5 Å². The van der Waals surface area contributed by atoms with Gasteiger partial charge >= 0.3 is 0 Å². The number of carbonyl (C=O) groups excluding carboxylic acids is 3. The third-order valence-corrected chi connectivity index (χ3v) is 4.82. The summed E-state index contributed by atoms with van der Waals surface area (Å²) in [6.45, 7) is 1.26. The lowest BCUT2D eigenvalue weighted by molar-refractivity contribution is -0.136. The number of rotatable bonds is 4. The smallest absolute Gasteiger partial charge is 0.253 e. The van der Waals surface area contributed by atoms with Crippen LogP contribution in [0.3, 0.4) is 0 Å². The average molecular weight is 376 g/mol. The second kappa shape index (κ2) is 7.92. The summed E-state index contributed by atoms with van der Waals surface area (Å²) in [7, 11) is 1.66. The lowest BCUT2D eigenvalue weighted by atomic mass is 9.95. The quantitative estimate of drug-likeness (QED) is 0.627. The van der Waals surface area contributed by atoms with Crippen LogP contribution in [-0.4, -0.2) is 31.3 Å². The largest absolute Gasteiger partial charge is 0.342 e. The Bertz CT molecular complexity index is 980. The van der Waals surface area contributed by atoms with E-state index in [1.54, 1.807) is 19.2 Å². The minimum Gasteiger partial charge on any atom is -0.342 e. The number of carbonyl (C=O) groups is 3. The number of amides is 3. The molecule has 28 heavy (non-hydrogen) atoms. The van der Waals surface area contributed by atoms with E-state index in [1.165, 1.54) is 11.8 Å². The van der Waals surface area contributed by atoms with Gasteiger partial charge in [-0.15, -0.1) is 0 Å². The molecule has 0 saturated carbocycles. The first-order valence-corrected chi connectivity index (χ1v) is 8.86. The summed E-state index contributed by atoms with van der Waals surface area (Å²) in [5.41, 5.74) is 3.16. The Balaban J connectivity index is 1.96. The van der Waals surface area contributed by atoms with Crippen LogP contribution in [-0.2, 0) is 14.4 Å². The van der Waals surface area contributed by atoms with Crippen molar-refractivity contribution in [2.45, 2.75) is 13.0 Å². The molecule has 142 valence electrons. The zero-order valence-electron chi connectivity index (χ0n) is 15.6. The molecule has 2 unspecified atom stereocenters. The first kappa shape index (κ1) is 19.1. The summed E-state index contributed by atoms with van der Waals surface area (Å²) in [4.78, 5) is 39.3. The van der Waals surface area contributed by atoms with E-state index in [9.17, 15) is 14.4 Å². The van der Waals surface area contributed by atoms with Crippen LogP contribution >= 0.6 is 0 Å². The summed E-state index contributed by atoms with van der Waals surface area (Å²) >= 11 is 0. The maximum atomic E-state index is 13.1. The summed E-state index contributed by atoms with van der Waals surface area (Å²) in [5, 5.41) is 13.6. The molecule has 0 aromatic heterocycles. The Morgan fingerprint density at radius 1 is 1.11 bits per heavy atom. The van der Waals surface area contributed by atoms with E-state index in [4.69, 9.17) is 5.26 Å². The topological polar surface area (TPSA) is 102 Å². The monoisotopic (exact) mass is 376 g/mol. The third kappa shape index (κ3) is 3.45. The Morgan fingerprint density at radius 3 is 2.46 bits per heavy atom. The molecule has 0 fully saturated rings. The van der Waals surface area contributed by atoms with Gasteiger partial charge in [0.25, 0.3) is 5.91 Å². The highest BCUT2D eigenvalue weighted by Crippen LogP contribution is 2.39. The van der Waals surface area contributed by atoms with Crippen molar-refractivity contribution in [2.75, 3.05) is 18.5 Å². The molecule has 0 saturated heterocycles. The fraction of sp³-hybridized carbons (Fsp3) is 0.238. The van der Waals surface area contributed by atoms with Gasteiger partial charge in [0.1, 0.15) is 18.5 Å². The number of benzene rings is 2. The molecular weight excluding hydrogens is 356 g/mol. The van der Waals surface area contributed by atoms with Crippen LogP contribution in [0, 0.1) is 17.2 Å². The third-order valence-electron chi connectivity index (χ3n) is 4.82. The van der Waals surface area contributed by atoms with Gasteiger partial charge in [0, 0.05) is 12.6 Å². The predicted octanol–water partition coefficient (Wildman–Crippen LogP) is 1.76. The van der Waals surface area contributed by atoms with Gasteiger partial charge in [-0.3, -0.25) is 14.4 Å². The Kier molecular flexibility index (Phi) is 5.41. The number of nitriles is 1. The highest BCUT2D eigenvalue weighted by atomic mass is 16.2. The van der Waals surface area contributed by atoms with E-state index in [0.717, 1.165) is 16.8 Å². The molecule has 0 radical (unpaired) electrons. The lowest BCUT2D eigenvalue weighted by Gasteiger charge is -2.24. The normalized spacial score (nSPS) is 16.1. The number of nitrogens with one attached hydrogen (secondary N) is 2. The van der Waals surface area contributed by atoms with Gasteiger partial charge in [-0.05, 0) is 24.1 Å². The molecule has 7 heteroatoms. The molecule has 7 nitrogen and oxygen atoms in total. The second-order valence-electron chi connectivity index (χ2n) is 6.54. The highest BCUT2D eigenvalue weighted by molar-refractivity contribution is 6.07. The van der Waals surface area contributed by atoms with Crippen molar-refractivity contribution in [1.29, 1.82) is 5.26 Å². The fourth-order valence-corrected chi connectivity index (χ4v) is 3.24. The molecule has 2 N–H and O–H groups in total. The Morgan fingerprint density at radius 2 is 1.75 bits per heavy atom. The molecule has 0 bridgehead atoms. The van der Waals surface area contributed by atoms with Crippen LogP contribution in [0.4, 0.5) is 5.69 Å². The average Bonchev–Trinajstić information content (AvgIpc) is 2.81. The molecule has 0 aliphatic carbocycles. The van der Waals surface area contributed by atoms with Crippen molar-refractivity contribution in [3.8, 4) is 17.2 Å². The molecule has 1 aliphatic rings. The highest BCUT2D eigenvalue weighted by Gasteiger charge is 2.34. The van der Waals surface area contributed by atoms with Gasteiger partial charge < -0.3 is 15.5 Å². The molecule has 2 aromatic rings. The first-order valence-electron chi connectivity index (χ1n) is 8.86. The molecule has 2 atom stereocenters. The Hall–Kier alpha value is -3.66. The fourth-order valence-electron chi connectivity index (χ4n) is 3.24. The number of likely N-dealkylation sites (N-methyl/N-ethyl adjacent to an activating group) is 1. The summed E-state index contributed by atoms with van der Waals surface area (Å²) in [5.74, 6) is -2.48. The second-order valence-corrected chi connectivity index (χ2v) is 6.54. The van der Waals surface area contributed by atoms with Gasteiger partial charge in [0.2, 0.25) is 11.8 Å². The van der Waals surface area contributed by atoms with Crippen molar-refractivity contribution in [2.24, 2.45) is 5.92 Å². The lowest BCUT2D eigenvalue weighted by Crippen LogP contribution is -2.45. The van der Waals surface area contributed by atoms with E-state index in [0.29, 0.717) is 5.56 Å². The van der Waals surface area contributed by atoms with Gasteiger partial charge in [-0.25, -0.2) is 0 Å². The van der Waals surface area contributed by atoms with Gasteiger partial charge in [0.15, 0.2) is 0 Å². The molecule has 3 amide bonds. The number of para-hydroxylation sites is 1. The van der Waals surface area contributed by atoms with Crippen LogP contribution < -0.4 is 15.5 Å². The zero-order valence-corrected chi connectivity index (χ0v) is 15.6. The first-order chi connectivity index (χ1) is 13.5. The van der Waals surface area contributed by atoms with E-state index in [-0.39, 0.29) is 12.5 Å². The SMILES string of the molecule is CC(C(=O)NCC#N)C(=O)NC1C(=O)N(C)c2ccccc2-c2ccccc21. The van der Waals surface area contributed by atoms with Crippen molar-refractivity contribution in [1.82, 2.24) is 10.6 Å². The number of hydrogen-bond donors (Lipinski definition) is 2. The van der Waals surface area contributed by atoms with Crippen molar-refractivity contribution in [3.05, 3.63) is 54.1 Å². The van der Waals surface area contributed by atoms with Crippen LogP contribution in [0.5, 0.6) is 0 Å². The summed E-state index contributed by atoms with van der Waals surface area (Å²) in [6.07, 6.45) is 0. The number of fused-ring (bicyclic) bond motifs is 3. The van der Waals surface area contributed by atoms with Crippen molar-refractivity contribution >= 4 is 23.4 Å². The minimum absolute atomic E-state index is 0.181. The molecule has 0 spiro atoms. The molecule has 2 aromatic carbocycles. The summed E-state index contributed by atoms with van der Waals surface area (Å²) in [6, 6.07) is 15.8. The van der Waals surface area contributed by atoms with Crippen LogP contribution in [0.2, 0.25) is 0 Å². The van der Waals surface area contributed by atoms with Gasteiger partial charge in [-0.1, -0.05) is 42.5 Å². The summed E-state index contributed by atoms with van der Waals surface area (Å²) < 4.78 is 0. The molecular formula is C21H20N4O3. The number of anilines is 1. The van der Waals surface area contributed by atoms with Crippen LogP contribution in [0.15, 0.2) is 48.5 Å². The van der Waals surface area contributed by atoms with Crippen molar-refractivity contribution < 1.29 is 14.4 Å². The minimum atomic E-state index is -1.04. The van der Waals surface area contributed by atoms with Crippen LogP contribution in [0.1, 0.15) is 18.5 Å². The maximum absolute atomic E-state index is 13.1. The maximum Gasteiger partial charge on any atom is 0.253 e. The Labute approximate surface area is 163 Å². The van der Waals surface area contributed by atoms with E-state index in [2.05, 4.69) is 10.6 Å². The molecule has 1 heterocycles.